The van der Waals surface area contributed by atoms with Gasteiger partial charge in [-0.25, -0.2) is 0 Å². The third-order valence-electron chi connectivity index (χ3n) is 2.73. The number of carbonyl (C=O) groups is 1. The van der Waals surface area contributed by atoms with Crippen molar-refractivity contribution in [3.63, 3.8) is 0 Å². The van der Waals surface area contributed by atoms with Crippen LogP contribution in [0.1, 0.15) is 11.5 Å². The number of carbonyl (C=O) groups excluding carboxylic acids is 1. The van der Waals surface area contributed by atoms with Crippen LogP contribution in [0.5, 0.6) is 0 Å². The Labute approximate surface area is 125 Å². The van der Waals surface area contributed by atoms with Crippen molar-refractivity contribution in [2.75, 3.05) is 23.8 Å². The summed E-state index contributed by atoms with van der Waals surface area (Å²) in [4.78, 5) is 17.9. The van der Waals surface area contributed by atoms with E-state index >= 15 is 0 Å². The maximum atomic E-state index is 11.9. The highest BCUT2D eigenvalue weighted by atomic mass is 79.9. The zero-order chi connectivity index (χ0) is 14.7. The zero-order valence-corrected chi connectivity index (χ0v) is 13.1. The molecule has 2 rings (SSSR count). The molecule has 7 heteroatoms. The summed E-state index contributed by atoms with van der Waals surface area (Å²) in [6, 6.07) is 3.52. The van der Waals surface area contributed by atoms with E-state index < -0.39 is 0 Å². The fourth-order valence-corrected chi connectivity index (χ4v) is 2.28. The van der Waals surface area contributed by atoms with Crippen molar-refractivity contribution in [3.8, 4) is 0 Å². The second-order valence-electron chi connectivity index (χ2n) is 4.46. The molecule has 0 aliphatic heterocycles. The minimum Gasteiger partial charge on any atom is -0.364 e. The number of rotatable bonds is 4. The van der Waals surface area contributed by atoms with Crippen LogP contribution in [0.15, 0.2) is 27.3 Å². The van der Waals surface area contributed by atoms with Crippen molar-refractivity contribution in [1.82, 2.24) is 10.1 Å². The summed E-state index contributed by atoms with van der Waals surface area (Å²) in [6.45, 7) is 3.87. The van der Waals surface area contributed by atoms with Gasteiger partial charge in [0.2, 0.25) is 5.91 Å². The predicted molar refractivity (Wildman–Crippen MR) is 79.8 cm³/mol. The van der Waals surface area contributed by atoms with Crippen LogP contribution < -0.4 is 10.2 Å². The standard InChI is InChI=1S/C13H15BrN4O2/c1-8-6-11(17-20-8)16-12(19)7-18(3)10-4-5-15-9(2)13(10)14/h4-6H,7H2,1-3H3,(H,16,17,19). The summed E-state index contributed by atoms with van der Waals surface area (Å²) in [5.41, 5.74) is 1.78. The fraction of sp³-hybridized carbons (Fsp3) is 0.308. The lowest BCUT2D eigenvalue weighted by Gasteiger charge is -2.20. The normalized spacial score (nSPS) is 10.4. The number of pyridine rings is 1. The average molecular weight is 339 g/mol. The molecule has 0 saturated heterocycles. The van der Waals surface area contributed by atoms with Gasteiger partial charge in [-0.05, 0) is 35.8 Å². The molecule has 0 aliphatic rings. The van der Waals surface area contributed by atoms with Gasteiger partial charge in [-0.3, -0.25) is 9.78 Å². The van der Waals surface area contributed by atoms with Gasteiger partial charge in [0.1, 0.15) is 5.76 Å². The van der Waals surface area contributed by atoms with E-state index in [9.17, 15) is 4.79 Å². The Morgan fingerprint density at radius 3 is 2.90 bits per heavy atom. The van der Waals surface area contributed by atoms with Gasteiger partial charge in [0.05, 0.1) is 22.4 Å². The highest BCUT2D eigenvalue weighted by Gasteiger charge is 2.13. The van der Waals surface area contributed by atoms with Crippen LogP contribution in [0, 0.1) is 13.8 Å². The minimum atomic E-state index is -0.165. The number of amides is 1. The Hall–Kier alpha value is -1.89. The SMILES string of the molecule is Cc1cc(NC(=O)CN(C)c2ccnc(C)c2Br)no1. The molecule has 1 N–H and O–H groups in total. The summed E-state index contributed by atoms with van der Waals surface area (Å²) in [7, 11) is 1.84. The number of aryl methyl sites for hydroxylation is 2. The van der Waals surface area contributed by atoms with Crippen LogP contribution in [-0.2, 0) is 4.79 Å². The van der Waals surface area contributed by atoms with E-state index in [0.29, 0.717) is 11.6 Å². The van der Waals surface area contributed by atoms with Crippen molar-refractivity contribution in [2.45, 2.75) is 13.8 Å². The lowest BCUT2D eigenvalue weighted by molar-refractivity contribution is -0.115. The first kappa shape index (κ1) is 14.5. The molecule has 0 fully saturated rings. The molecular weight excluding hydrogens is 324 g/mol. The molecule has 1 amide bonds. The van der Waals surface area contributed by atoms with Gasteiger partial charge in [-0.1, -0.05) is 5.16 Å². The molecule has 6 nitrogen and oxygen atoms in total. The van der Waals surface area contributed by atoms with Crippen LogP contribution in [0.2, 0.25) is 0 Å². The first-order valence-corrected chi connectivity index (χ1v) is 6.82. The Bertz CT molecular complexity index is 627. The lowest BCUT2D eigenvalue weighted by atomic mass is 10.3. The van der Waals surface area contributed by atoms with Crippen molar-refractivity contribution < 1.29 is 9.32 Å². The van der Waals surface area contributed by atoms with E-state index in [4.69, 9.17) is 4.52 Å². The number of aromatic nitrogens is 2. The number of hydrogen-bond acceptors (Lipinski definition) is 5. The maximum absolute atomic E-state index is 11.9. The van der Waals surface area contributed by atoms with Crippen molar-refractivity contribution in [3.05, 3.63) is 34.3 Å². The smallest absolute Gasteiger partial charge is 0.245 e. The Morgan fingerprint density at radius 2 is 2.25 bits per heavy atom. The van der Waals surface area contributed by atoms with E-state index in [1.807, 2.05) is 24.9 Å². The molecule has 0 bridgehead atoms. The largest absolute Gasteiger partial charge is 0.364 e. The summed E-state index contributed by atoms with van der Waals surface area (Å²) in [6.07, 6.45) is 1.71. The number of nitrogens with one attached hydrogen (secondary N) is 1. The van der Waals surface area contributed by atoms with Gasteiger partial charge in [0, 0.05) is 19.3 Å². The third-order valence-corrected chi connectivity index (χ3v) is 3.71. The molecule has 0 saturated carbocycles. The first-order chi connectivity index (χ1) is 9.47. The van der Waals surface area contributed by atoms with Crippen molar-refractivity contribution in [1.29, 1.82) is 0 Å². The predicted octanol–water partition coefficient (Wildman–Crippen LogP) is 2.52. The molecule has 0 unspecified atom stereocenters. The number of likely N-dealkylation sites (N-methyl/N-ethyl adjacent to an activating group) is 1. The van der Waals surface area contributed by atoms with E-state index in [-0.39, 0.29) is 12.5 Å². The first-order valence-electron chi connectivity index (χ1n) is 6.03. The quantitative estimate of drug-likeness (QED) is 0.927. The maximum Gasteiger partial charge on any atom is 0.245 e. The van der Waals surface area contributed by atoms with E-state index in [1.54, 1.807) is 19.2 Å². The summed E-state index contributed by atoms with van der Waals surface area (Å²) in [5, 5.41) is 6.40. The summed E-state index contributed by atoms with van der Waals surface area (Å²) in [5.74, 6) is 0.911. The topological polar surface area (TPSA) is 71.3 Å². The molecule has 0 atom stereocenters. The fourth-order valence-electron chi connectivity index (χ4n) is 1.74. The number of halogens is 1. The minimum absolute atomic E-state index is 0.165. The van der Waals surface area contributed by atoms with Crippen LogP contribution in [0.25, 0.3) is 0 Å². The van der Waals surface area contributed by atoms with E-state index in [0.717, 1.165) is 15.9 Å². The molecule has 2 aromatic heterocycles. The van der Waals surface area contributed by atoms with Crippen LogP contribution in [0.4, 0.5) is 11.5 Å². The molecule has 0 aliphatic carbocycles. The third kappa shape index (κ3) is 3.36. The Kier molecular flexibility index (Phi) is 4.39. The summed E-state index contributed by atoms with van der Waals surface area (Å²) < 4.78 is 5.78. The molecule has 106 valence electrons. The highest BCUT2D eigenvalue weighted by molar-refractivity contribution is 9.10. The molecule has 2 heterocycles. The van der Waals surface area contributed by atoms with Gasteiger partial charge < -0.3 is 14.7 Å². The van der Waals surface area contributed by atoms with E-state index in [2.05, 4.69) is 31.4 Å². The summed E-state index contributed by atoms with van der Waals surface area (Å²) >= 11 is 3.48. The van der Waals surface area contributed by atoms with E-state index in [1.165, 1.54) is 0 Å². The second-order valence-corrected chi connectivity index (χ2v) is 5.25. The molecule has 2 aromatic rings. The second kappa shape index (κ2) is 6.04. The zero-order valence-electron chi connectivity index (χ0n) is 11.5. The van der Waals surface area contributed by atoms with Gasteiger partial charge >= 0.3 is 0 Å². The number of anilines is 2. The van der Waals surface area contributed by atoms with Gasteiger partial charge in [-0.15, -0.1) is 0 Å². The monoisotopic (exact) mass is 338 g/mol. The molecule has 20 heavy (non-hydrogen) atoms. The Balaban J connectivity index is 2.02. The van der Waals surface area contributed by atoms with Gasteiger partial charge in [-0.2, -0.15) is 0 Å². The van der Waals surface area contributed by atoms with Crippen LogP contribution >= 0.6 is 15.9 Å². The number of hydrogen-bond donors (Lipinski definition) is 1. The molecular formula is C13H15BrN4O2. The molecule has 0 aromatic carbocycles. The van der Waals surface area contributed by atoms with Gasteiger partial charge in [0.15, 0.2) is 5.82 Å². The van der Waals surface area contributed by atoms with Crippen LogP contribution in [-0.4, -0.2) is 29.6 Å². The Morgan fingerprint density at radius 1 is 1.50 bits per heavy atom. The van der Waals surface area contributed by atoms with Crippen LogP contribution in [0.3, 0.4) is 0 Å². The van der Waals surface area contributed by atoms with Crippen molar-refractivity contribution in [2.24, 2.45) is 0 Å². The van der Waals surface area contributed by atoms with Crippen molar-refractivity contribution >= 4 is 33.3 Å². The number of nitrogens with zero attached hydrogens (tertiary/aromatic N) is 3. The highest BCUT2D eigenvalue weighted by Crippen LogP contribution is 2.26. The molecule has 0 spiro atoms. The lowest BCUT2D eigenvalue weighted by Crippen LogP contribution is -2.30. The average Bonchev–Trinajstić information content (AvgIpc) is 2.77. The molecule has 0 radical (unpaired) electrons. The van der Waals surface area contributed by atoms with Gasteiger partial charge in [0.25, 0.3) is 0 Å².